The van der Waals surface area contributed by atoms with Gasteiger partial charge in [-0.15, -0.1) is 13.2 Å². The molecular formula is C17H15F3O4. The summed E-state index contributed by atoms with van der Waals surface area (Å²) in [5, 5.41) is 0. The molecule has 0 N–H and O–H groups in total. The van der Waals surface area contributed by atoms with Crippen LogP contribution in [0.15, 0.2) is 48.5 Å². The molecule has 0 heterocycles. The Morgan fingerprint density at radius 1 is 0.917 bits per heavy atom. The van der Waals surface area contributed by atoms with Gasteiger partial charge in [-0.2, -0.15) is 0 Å². The lowest BCUT2D eigenvalue weighted by Crippen LogP contribution is -2.16. The zero-order valence-electron chi connectivity index (χ0n) is 12.8. The molecule has 0 aliphatic rings. The van der Waals surface area contributed by atoms with Crippen LogP contribution >= 0.6 is 0 Å². The van der Waals surface area contributed by atoms with Gasteiger partial charge in [-0.25, -0.2) is 4.79 Å². The third-order valence-corrected chi connectivity index (χ3v) is 3.06. The number of benzene rings is 2. The van der Waals surface area contributed by atoms with Crippen molar-refractivity contribution in [2.75, 3.05) is 20.3 Å². The second-order valence-corrected chi connectivity index (χ2v) is 4.78. The lowest BCUT2D eigenvalue weighted by Gasteiger charge is -2.09. The molecule has 2 aromatic carbocycles. The fourth-order valence-corrected chi connectivity index (χ4v) is 1.95. The highest BCUT2D eigenvalue weighted by atomic mass is 19.4. The summed E-state index contributed by atoms with van der Waals surface area (Å²) in [5.41, 5.74) is 1.83. The Labute approximate surface area is 136 Å². The van der Waals surface area contributed by atoms with Gasteiger partial charge in [0.15, 0.2) is 0 Å². The van der Waals surface area contributed by atoms with Gasteiger partial charge in [0.25, 0.3) is 0 Å². The molecule has 0 unspecified atom stereocenters. The molecule has 0 radical (unpaired) electrons. The van der Waals surface area contributed by atoms with Gasteiger partial charge < -0.3 is 14.2 Å². The molecule has 0 aliphatic heterocycles. The van der Waals surface area contributed by atoms with Gasteiger partial charge >= 0.3 is 12.3 Å². The van der Waals surface area contributed by atoms with E-state index in [1.807, 2.05) is 0 Å². The fraction of sp³-hybridized carbons (Fsp3) is 0.235. The summed E-state index contributed by atoms with van der Waals surface area (Å²) in [7, 11) is 1.51. The standard InChI is InChI=1S/C17H15F3O4/c1-22-10-11-23-16(21)14-4-2-12(3-5-14)13-6-8-15(9-7-13)24-17(18,19)20/h2-9H,10-11H2,1H3. The molecule has 0 bridgehead atoms. The smallest absolute Gasteiger partial charge is 0.460 e. The first kappa shape index (κ1) is 17.8. The first-order valence-corrected chi connectivity index (χ1v) is 7.01. The molecule has 0 spiro atoms. The highest BCUT2D eigenvalue weighted by Crippen LogP contribution is 2.26. The van der Waals surface area contributed by atoms with Gasteiger partial charge in [0.05, 0.1) is 12.2 Å². The number of rotatable bonds is 6. The van der Waals surface area contributed by atoms with Crippen LogP contribution in [0.25, 0.3) is 11.1 Å². The maximum atomic E-state index is 12.1. The van der Waals surface area contributed by atoms with Crippen molar-refractivity contribution in [3.63, 3.8) is 0 Å². The van der Waals surface area contributed by atoms with Crippen molar-refractivity contribution in [1.29, 1.82) is 0 Å². The largest absolute Gasteiger partial charge is 0.573 e. The van der Waals surface area contributed by atoms with Gasteiger partial charge in [0.1, 0.15) is 12.4 Å². The van der Waals surface area contributed by atoms with Gasteiger partial charge in [0.2, 0.25) is 0 Å². The topological polar surface area (TPSA) is 44.8 Å². The van der Waals surface area contributed by atoms with Crippen molar-refractivity contribution >= 4 is 5.97 Å². The van der Waals surface area contributed by atoms with Crippen LogP contribution in [0.4, 0.5) is 13.2 Å². The number of carbonyl (C=O) groups excluding carboxylic acids is 1. The second kappa shape index (κ2) is 7.83. The summed E-state index contributed by atoms with van der Waals surface area (Å²) < 4.78 is 50.0. The third-order valence-electron chi connectivity index (χ3n) is 3.06. The molecule has 2 rings (SSSR count). The predicted molar refractivity (Wildman–Crippen MR) is 80.7 cm³/mol. The number of carbonyl (C=O) groups is 1. The average molecular weight is 340 g/mol. The Balaban J connectivity index is 2.03. The molecule has 24 heavy (non-hydrogen) atoms. The summed E-state index contributed by atoms with van der Waals surface area (Å²) in [6.45, 7) is 0.480. The molecule has 0 amide bonds. The zero-order chi connectivity index (χ0) is 17.6. The third kappa shape index (κ3) is 5.27. The first-order chi connectivity index (χ1) is 11.4. The van der Waals surface area contributed by atoms with Crippen LogP contribution in [-0.4, -0.2) is 32.7 Å². The van der Waals surface area contributed by atoms with E-state index in [1.165, 1.54) is 31.4 Å². The predicted octanol–water partition coefficient (Wildman–Crippen LogP) is 4.06. The minimum atomic E-state index is -4.72. The number of esters is 1. The van der Waals surface area contributed by atoms with Crippen molar-refractivity contribution in [3.8, 4) is 16.9 Å². The lowest BCUT2D eigenvalue weighted by atomic mass is 10.0. The number of hydrogen-bond donors (Lipinski definition) is 0. The number of halogens is 3. The Morgan fingerprint density at radius 3 is 1.96 bits per heavy atom. The highest BCUT2D eigenvalue weighted by molar-refractivity contribution is 5.90. The number of alkyl halides is 3. The Morgan fingerprint density at radius 2 is 1.46 bits per heavy atom. The normalized spacial score (nSPS) is 11.2. The molecule has 2 aromatic rings. The molecule has 0 aromatic heterocycles. The van der Waals surface area contributed by atoms with E-state index in [2.05, 4.69) is 4.74 Å². The maximum absolute atomic E-state index is 12.1. The molecule has 7 heteroatoms. The SMILES string of the molecule is COCCOC(=O)c1ccc(-c2ccc(OC(F)(F)F)cc2)cc1. The van der Waals surface area contributed by atoms with Crippen molar-refractivity contribution < 1.29 is 32.2 Å². The van der Waals surface area contributed by atoms with E-state index in [0.29, 0.717) is 17.7 Å². The quantitative estimate of drug-likeness (QED) is 0.588. The van der Waals surface area contributed by atoms with Gasteiger partial charge in [-0.1, -0.05) is 24.3 Å². The van der Waals surface area contributed by atoms with Crippen LogP contribution in [0, 0.1) is 0 Å². The molecular weight excluding hydrogens is 325 g/mol. The molecule has 0 atom stereocenters. The van der Waals surface area contributed by atoms with E-state index in [4.69, 9.17) is 9.47 Å². The van der Waals surface area contributed by atoms with Gasteiger partial charge in [-0.05, 0) is 35.4 Å². The summed E-state index contributed by atoms with van der Waals surface area (Å²) in [6.07, 6.45) is -4.72. The first-order valence-electron chi connectivity index (χ1n) is 7.01. The van der Waals surface area contributed by atoms with Crippen molar-refractivity contribution in [2.24, 2.45) is 0 Å². The van der Waals surface area contributed by atoms with E-state index < -0.39 is 12.3 Å². The number of methoxy groups -OCH3 is 1. The van der Waals surface area contributed by atoms with Crippen molar-refractivity contribution in [3.05, 3.63) is 54.1 Å². The minimum absolute atomic E-state index is 0.164. The minimum Gasteiger partial charge on any atom is -0.460 e. The molecule has 0 saturated heterocycles. The van der Waals surface area contributed by atoms with Gasteiger partial charge in [-0.3, -0.25) is 0 Å². The fourth-order valence-electron chi connectivity index (χ4n) is 1.95. The zero-order valence-corrected chi connectivity index (χ0v) is 12.8. The number of hydrogen-bond acceptors (Lipinski definition) is 4. The summed E-state index contributed by atoms with van der Waals surface area (Å²) in [4.78, 5) is 11.7. The monoisotopic (exact) mass is 340 g/mol. The highest BCUT2D eigenvalue weighted by Gasteiger charge is 2.30. The Kier molecular flexibility index (Phi) is 5.81. The van der Waals surface area contributed by atoms with E-state index in [-0.39, 0.29) is 12.4 Å². The summed E-state index contributed by atoms with van der Waals surface area (Å²) in [5.74, 6) is -0.753. The van der Waals surface area contributed by atoms with Crippen LogP contribution in [0.2, 0.25) is 0 Å². The molecule has 0 fully saturated rings. The van der Waals surface area contributed by atoms with E-state index in [1.54, 1.807) is 24.3 Å². The lowest BCUT2D eigenvalue weighted by molar-refractivity contribution is -0.274. The Bertz CT molecular complexity index is 664. The second-order valence-electron chi connectivity index (χ2n) is 4.78. The summed E-state index contributed by atoms with van der Waals surface area (Å²) >= 11 is 0. The van der Waals surface area contributed by atoms with Crippen LogP contribution in [0.1, 0.15) is 10.4 Å². The summed E-state index contributed by atoms with van der Waals surface area (Å²) in [6, 6.07) is 12.0. The average Bonchev–Trinajstić information content (AvgIpc) is 2.54. The van der Waals surface area contributed by atoms with Crippen LogP contribution in [-0.2, 0) is 9.47 Å². The van der Waals surface area contributed by atoms with Gasteiger partial charge in [0, 0.05) is 7.11 Å². The number of ether oxygens (including phenoxy) is 3. The van der Waals surface area contributed by atoms with E-state index in [9.17, 15) is 18.0 Å². The molecule has 0 saturated carbocycles. The van der Waals surface area contributed by atoms with Crippen LogP contribution in [0.3, 0.4) is 0 Å². The van der Waals surface area contributed by atoms with Crippen LogP contribution < -0.4 is 4.74 Å². The molecule has 0 aliphatic carbocycles. The molecule has 128 valence electrons. The molecule has 4 nitrogen and oxygen atoms in total. The van der Waals surface area contributed by atoms with Crippen molar-refractivity contribution in [1.82, 2.24) is 0 Å². The van der Waals surface area contributed by atoms with Crippen molar-refractivity contribution in [2.45, 2.75) is 6.36 Å². The maximum Gasteiger partial charge on any atom is 0.573 e. The van der Waals surface area contributed by atoms with E-state index >= 15 is 0 Å². The van der Waals surface area contributed by atoms with Crippen LogP contribution in [0.5, 0.6) is 5.75 Å². The Hall–Kier alpha value is -2.54. The van der Waals surface area contributed by atoms with E-state index in [0.717, 1.165) is 5.56 Å².